The van der Waals surface area contributed by atoms with Crippen LogP contribution >= 0.6 is 7.82 Å². The Morgan fingerprint density at radius 1 is 0.696 bits per heavy atom. The Hall–Kier alpha value is -1.80. The minimum Gasteiger partial charge on any atom is -0.457 e. The zero-order valence-corrected chi connectivity index (χ0v) is 30.7. The minimum atomic E-state index is -4.28. The van der Waals surface area contributed by atoms with Gasteiger partial charge in [0.25, 0.3) is 0 Å². The number of phosphoric acid groups is 1. The lowest BCUT2D eigenvalue weighted by Crippen LogP contribution is -2.37. The van der Waals surface area contributed by atoms with Crippen LogP contribution in [0, 0.1) is 0 Å². The van der Waals surface area contributed by atoms with Crippen LogP contribution in [-0.2, 0) is 27.9 Å². The molecule has 46 heavy (non-hydrogen) atoms. The zero-order valence-electron chi connectivity index (χ0n) is 29.8. The number of ether oxygens (including phenoxy) is 2. The Morgan fingerprint density at radius 2 is 1.26 bits per heavy atom. The summed E-state index contributed by atoms with van der Waals surface area (Å²) in [6.07, 6.45) is 35.5. The quantitative estimate of drug-likeness (QED) is 0.0259. The molecule has 0 fully saturated rings. The maximum absolute atomic E-state index is 12.5. The molecule has 0 aromatic heterocycles. The van der Waals surface area contributed by atoms with Crippen molar-refractivity contribution in [3.05, 3.63) is 60.8 Å². The molecule has 0 rings (SSSR count). The number of rotatable bonds is 31. The van der Waals surface area contributed by atoms with Crippen LogP contribution in [0.5, 0.6) is 0 Å². The van der Waals surface area contributed by atoms with Gasteiger partial charge >= 0.3 is 13.8 Å². The molecule has 0 spiro atoms. The molecular formula is C37H67NO7P+. The molecule has 2 unspecified atom stereocenters. The van der Waals surface area contributed by atoms with Gasteiger partial charge in [-0.05, 0) is 64.2 Å². The van der Waals surface area contributed by atoms with Crippen LogP contribution in [0.3, 0.4) is 0 Å². The average Bonchev–Trinajstić information content (AvgIpc) is 2.99. The topological polar surface area (TPSA) is 91.3 Å². The summed E-state index contributed by atoms with van der Waals surface area (Å²) in [6.45, 7) is 5.24. The van der Waals surface area contributed by atoms with Crippen molar-refractivity contribution in [2.75, 3.05) is 54.1 Å². The van der Waals surface area contributed by atoms with Crippen molar-refractivity contribution in [3.8, 4) is 0 Å². The lowest BCUT2D eigenvalue weighted by atomic mass is 10.1. The number of unbranched alkanes of at least 4 members (excludes halogenated alkanes) is 7. The standard InChI is InChI=1S/C37H66NO7P/c1-6-8-10-12-14-16-18-19-20-21-23-25-27-29-32-42-34-36(35-44-46(40,41)43-33-31-38(3,4)5)45-37(39)30-28-26-24-22-17-15-13-11-9-7-2/h8,10-11,13-14,16,19-20,23,25,36H,6-7,9,12,15,17-18,21-22,24,26-35H2,1-5H3/p+1/b10-8-,13-11-,16-14-,20-19-,25-23-. The highest BCUT2D eigenvalue weighted by Crippen LogP contribution is 2.43. The van der Waals surface area contributed by atoms with Crippen molar-refractivity contribution in [1.82, 2.24) is 0 Å². The van der Waals surface area contributed by atoms with Crippen molar-refractivity contribution in [1.29, 1.82) is 0 Å². The zero-order chi connectivity index (χ0) is 34.2. The summed E-state index contributed by atoms with van der Waals surface area (Å²) < 4.78 is 34.6. The van der Waals surface area contributed by atoms with Crippen LogP contribution in [0.4, 0.5) is 0 Å². The normalized spacial score (nSPS) is 14.8. The van der Waals surface area contributed by atoms with Crippen molar-refractivity contribution < 1.29 is 37.3 Å². The lowest BCUT2D eigenvalue weighted by Gasteiger charge is -2.24. The molecule has 0 aromatic rings. The molecule has 0 aliphatic rings. The van der Waals surface area contributed by atoms with Crippen LogP contribution in [0.15, 0.2) is 60.8 Å². The van der Waals surface area contributed by atoms with Crippen molar-refractivity contribution in [2.45, 2.75) is 116 Å². The molecule has 0 aliphatic carbocycles. The van der Waals surface area contributed by atoms with Crippen LogP contribution in [0.2, 0.25) is 0 Å². The monoisotopic (exact) mass is 668 g/mol. The summed E-state index contributed by atoms with van der Waals surface area (Å²) in [6, 6.07) is 0. The first-order valence-corrected chi connectivity index (χ1v) is 19.0. The molecule has 1 N–H and O–H groups in total. The van der Waals surface area contributed by atoms with Crippen molar-refractivity contribution in [3.63, 3.8) is 0 Å². The number of quaternary nitrogens is 1. The summed E-state index contributed by atoms with van der Waals surface area (Å²) in [5.74, 6) is -0.349. The maximum Gasteiger partial charge on any atom is 0.472 e. The van der Waals surface area contributed by atoms with E-state index < -0.39 is 13.9 Å². The van der Waals surface area contributed by atoms with Gasteiger partial charge in [-0.25, -0.2) is 4.57 Å². The third-order valence-electron chi connectivity index (χ3n) is 6.79. The van der Waals surface area contributed by atoms with Gasteiger partial charge in [0.15, 0.2) is 0 Å². The van der Waals surface area contributed by atoms with Crippen LogP contribution < -0.4 is 0 Å². The highest BCUT2D eigenvalue weighted by atomic mass is 31.2. The molecule has 0 amide bonds. The Morgan fingerprint density at radius 3 is 1.91 bits per heavy atom. The van der Waals surface area contributed by atoms with E-state index in [0.29, 0.717) is 24.1 Å². The van der Waals surface area contributed by atoms with Gasteiger partial charge in [0.2, 0.25) is 0 Å². The second kappa shape index (κ2) is 30.5. The SMILES string of the molecule is CC/C=C\C/C=C\C/C=C\C/C=C\CCCOCC(COP(=O)(O)OCC[N+](C)(C)C)OC(=O)CCCCCCC/C=C\CCC. The van der Waals surface area contributed by atoms with Gasteiger partial charge in [-0.3, -0.25) is 13.8 Å². The maximum atomic E-state index is 12.5. The van der Waals surface area contributed by atoms with Gasteiger partial charge in [0, 0.05) is 13.0 Å². The Bertz CT molecular complexity index is 921. The average molecular weight is 669 g/mol. The fraction of sp³-hybridized carbons (Fsp3) is 0.703. The molecule has 2 atom stereocenters. The van der Waals surface area contributed by atoms with Crippen molar-refractivity contribution >= 4 is 13.8 Å². The van der Waals surface area contributed by atoms with Gasteiger partial charge < -0.3 is 18.9 Å². The smallest absolute Gasteiger partial charge is 0.457 e. The van der Waals surface area contributed by atoms with Gasteiger partial charge in [-0.1, -0.05) is 100 Å². The largest absolute Gasteiger partial charge is 0.472 e. The minimum absolute atomic E-state index is 0.0740. The van der Waals surface area contributed by atoms with Crippen LogP contribution in [0.1, 0.15) is 110 Å². The summed E-state index contributed by atoms with van der Waals surface area (Å²) in [4.78, 5) is 22.7. The van der Waals surface area contributed by atoms with E-state index in [1.807, 2.05) is 21.1 Å². The van der Waals surface area contributed by atoms with E-state index in [9.17, 15) is 14.3 Å². The molecule has 0 aromatic carbocycles. The first-order chi connectivity index (χ1) is 22.1. The van der Waals surface area contributed by atoms with Crippen LogP contribution in [0.25, 0.3) is 0 Å². The second-order valence-corrected chi connectivity index (χ2v) is 14.0. The number of carbonyl (C=O) groups excluding carboxylic acids is 1. The highest BCUT2D eigenvalue weighted by molar-refractivity contribution is 7.47. The van der Waals surface area contributed by atoms with E-state index in [2.05, 4.69) is 74.6 Å². The van der Waals surface area contributed by atoms with E-state index in [1.54, 1.807) is 0 Å². The lowest BCUT2D eigenvalue weighted by molar-refractivity contribution is -0.870. The Balaban J connectivity index is 4.47. The van der Waals surface area contributed by atoms with Gasteiger partial charge in [-0.15, -0.1) is 0 Å². The Labute approximate surface area is 281 Å². The molecule has 0 saturated carbocycles. The predicted molar refractivity (Wildman–Crippen MR) is 192 cm³/mol. The summed E-state index contributed by atoms with van der Waals surface area (Å²) in [5.41, 5.74) is 0. The number of esters is 1. The molecule has 0 bridgehead atoms. The fourth-order valence-corrected chi connectivity index (χ4v) is 4.83. The van der Waals surface area contributed by atoms with E-state index >= 15 is 0 Å². The molecule has 0 saturated heterocycles. The molecule has 9 heteroatoms. The second-order valence-electron chi connectivity index (χ2n) is 12.5. The number of carbonyl (C=O) groups is 1. The fourth-order valence-electron chi connectivity index (χ4n) is 4.09. The molecule has 0 aliphatic heterocycles. The number of likely N-dealkylation sites (N-methyl/N-ethyl adjacent to an activating group) is 1. The number of hydrogen-bond donors (Lipinski definition) is 1. The Kier molecular flexibility index (Phi) is 29.3. The first kappa shape index (κ1) is 44.2. The molecular weight excluding hydrogens is 601 g/mol. The molecule has 8 nitrogen and oxygen atoms in total. The number of nitrogens with zero attached hydrogens (tertiary/aromatic N) is 1. The molecule has 266 valence electrons. The number of phosphoric ester groups is 1. The van der Waals surface area contributed by atoms with Crippen molar-refractivity contribution in [2.24, 2.45) is 0 Å². The van der Waals surface area contributed by atoms with E-state index in [-0.39, 0.29) is 25.8 Å². The summed E-state index contributed by atoms with van der Waals surface area (Å²) >= 11 is 0. The summed E-state index contributed by atoms with van der Waals surface area (Å²) in [5, 5.41) is 0. The molecule has 0 heterocycles. The van der Waals surface area contributed by atoms with E-state index in [0.717, 1.165) is 77.0 Å². The molecule has 0 radical (unpaired) electrons. The van der Waals surface area contributed by atoms with Gasteiger partial charge in [-0.2, -0.15) is 0 Å². The third-order valence-corrected chi connectivity index (χ3v) is 7.78. The van der Waals surface area contributed by atoms with Gasteiger partial charge in [0.1, 0.15) is 19.3 Å². The van der Waals surface area contributed by atoms with Gasteiger partial charge in [0.05, 0.1) is 34.4 Å². The number of allylic oxidation sites excluding steroid dienone is 10. The van der Waals surface area contributed by atoms with E-state index in [1.165, 1.54) is 12.8 Å². The highest BCUT2D eigenvalue weighted by Gasteiger charge is 2.26. The first-order valence-electron chi connectivity index (χ1n) is 17.5. The summed E-state index contributed by atoms with van der Waals surface area (Å²) in [7, 11) is 1.61. The predicted octanol–water partition coefficient (Wildman–Crippen LogP) is 9.43. The van der Waals surface area contributed by atoms with E-state index in [4.69, 9.17) is 18.5 Å². The number of hydrogen-bond acceptors (Lipinski definition) is 6. The third kappa shape index (κ3) is 33.6. The van der Waals surface area contributed by atoms with Crippen LogP contribution in [-0.4, -0.2) is 75.6 Å².